The van der Waals surface area contributed by atoms with E-state index in [-0.39, 0.29) is 0 Å². The van der Waals surface area contributed by atoms with Crippen LogP contribution >= 0.6 is 11.8 Å². The van der Waals surface area contributed by atoms with Crippen molar-refractivity contribution in [3.63, 3.8) is 0 Å². The molecule has 0 amide bonds. The number of nitrogens with zero attached hydrogens (tertiary/aromatic N) is 2. The predicted octanol–water partition coefficient (Wildman–Crippen LogP) is 3.24. The fraction of sp³-hybridized carbons (Fsp3) is 0.682. The molecule has 1 saturated carbocycles. The van der Waals surface area contributed by atoms with Crippen LogP contribution in [0.25, 0.3) is 0 Å². The summed E-state index contributed by atoms with van der Waals surface area (Å²) in [5.74, 6) is 0.909. The molecule has 28 heavy (non-hydrogen) atoms. The third-order valence-corrected chi connectivity index (χ3v) is 6.76. The van der Waals surface area contributed by atoms with Gasteiger partial charge in [-0.2, -0.15) is 11.8 Å². The van der Waals surface area contributed by atoms with E-state index < -0.39 is 0 Å². The van der Waals surface area contributed by atoms with Crippen molar-refractivity contribution in [1.29, 1.82) is 0 Å². The van der Waals surface area contributed by atoms with E-state index in [2.05, 4.69) is 64.9 Å². The van der Waals surface area contributed by atoms with Gasteiger partial charge in [0.25, 0.3) is 0 Å². The highest BCUT2D eigenvalue weighted by atomic mass is 32.2. The van der Waals surface area contributed by atoms with Crippen molar-refractivity contribution >= 4 is 17.7 Å². The Morgan fingerprint density at radius 2 is 1.82 bits per heavy atom. The lowest BCUT2D eigenvalue weighted by atomic mass is 10.1. The summed E-state index contributed by atoms with van der Waals surface area (Å²) in [6, 6.07) is 9.49. The van der Waals surface area contributed by atoms with Crippen LogP contribution in [0.15, 0.2) is 29.3 Å². The SMILES string of the molecule is CN=C(NCc1ccc(CN2CC(C)OC(C)C2)cc1)NC1CCC(SC)C1. The first-order chi connectivity index (χ1) is 13.6. The maximum absolute atomic E-state index is 5.83. The average molecular weight is 405 g/mol. The number of guanidine groups is 1. The molecule has 4 atom stereocenters. The van der Waals surface area contributed by atoms with Gasteiger partial charge >= 0.3 is 0 Å². The highest BCUT2D eigenvalue weighted by molar-refractivity contribution is 7.99. The molecular weight excluding hydrogens is 368 g/mol. The normalized spacial score (nSPS) is 29.1. The number of morpholine rings is 1. The van der Waals surface area contributed by atoms with Gasteiger partial charge in [-0.15, -0.1) is 0 Å². The minimum absolute atomic E-state index is 0.317. The second-order valence-corrected chi connectivity index (χ2v) is 9.34. The lowest BCUT2D eigenvalue weighted by molar-refractivity contribution is -0.0704. The van der Waals surface area contributed by atoms with Crippen molar-refractivity contribution in [3.8, 4) is 0 Å². The van der Waals surface area contributed by atoms with Gasteiger partial charge in [-0.05, 0) is 50.5 Å². The smallest absolute Gasteiger partial charge is 0.191 e. The molecule has 1 saturated heterocycles. The summed E-state index contributed by atoms with van der Waals surface area (Å²) >= 11 is 1.98. The molecule has 2 aliphatic rings. The molecule has 1 aromatic rings. The van der Waals surface area contributed by atoms with E-state index in [1.807, 2.05) is 18.8 Å². The zero-order valence-corrected chi connectivity index (χ0v) is 18.6. The van der Waals surface area contributed by atoms with Gasteiger partial charge in [0, 0.05) is 44.5 Å². The number of rotatable bonds is 6. The third kappa shape index (κ3) is 6.39. The van der Waals surface area contributed by atoms with Crippen LogP contribution in [-0.4, -0.2) is 60.8 Å². The Labute approximate surface area is 174 Å². The average Bonchev–Trinajstić information content (AvgIpc) is 3.13. The number of nitrogens with one attached hydrogen (secondary N) is 2. The number of ether oxygens (including phenoxy) is 1. The summed E-state index contributed by atoms with van der Waals surface area (Å²) < 4.78 is 5.83. The number of aliphatic imine (C=N–C) groups is 1. The number of thioether (sulfide) groups is 1. The second kappa shape index (κ2) is 10.5. The van der Waals surface area contributed by atoms with E-state index in [1.165, 1.54) is 30.4 Å². The largest absolute Gasteiger partial charge is 0.373 e. The number of benzene rings is 1. The van der Waals surface area contributed by atoms with Crippen molar-refractivity contribution in [2.45, 2.75) is 69.7 Å². The van der Waals surface area contributed by atoms with Crippen LogP contribution in [0.1, 0.15) is 44.2 Å². The molecule has 5 nitrogen and oxygen atoms in total. The van der Waals surface area contributed by atoms with E-state index >= 15 is 0 Å². The van der Waals surface area contributed by atoms with Crippen LogP contribution in [-0.2, 0) is 17.8 Å². The van der Waals surface area contributed by atoms with Crippen LogP contribution < -0.4 is 10.6 Å². The standard InChI is InChI=1S/C22H36N4OS/c1-16-13-26(14-17(2)27-16)15-19-7-5-18(6-8-19)12-24-22(23-3)25-20-9-10-21(11-20)28-4/h5-8,16-17,20-21H,9-15H2,1-4H3,(H2,23,24,25). The quantitative estimate of drug-likeness (QED) is 0.563. The summed E-state index contributed by atoms with van der Waals surface area (Å²) in [5.41, 5.74) is 2.64. The third-order valence-electron chi connectivity index (χ3n) is 5.67. The maximum atomic E-state index is 5.83. The molecule has 0 spiro atoms. The van der Waals surface area contributed by atoms with Crippen molar-refractivity contribution in [2.75, 3.05) is 26.4 Å². The van der Waals surface area contributed by atoms with Gasteiger partial charge in [-0.25, -0.2) is 0 Å². The molecule has 1 heterocycles. The molecule has 156 valence electrons. The summed E-state index contributed by atoms with van der Waals surface area (Å²) in [5, 5.41) is 7.84. The minimum atomic E-state index is 0.317. The Morgan fingerprint density at radius 1 is 1.14 bits per heavy atom. The van der Waals surface area contributed by atoms with Crippen molar-refractivity contribution < 1.29 is 4.74 Å². The first-order valence-corrected chi connectivity index (χ1v) is 11.8. The first kappa shape index (κ1) is 21.5. The highest BCUT2D eigenvalue weighted by Gasteiger charge is 2.24. The van der Waals surface area contributed by atoms with Gasteiger partial charge in [0.05, 0.1) is 12.2 Å². The monoisotopic (exact) mass is 404 g/mol. The number of hydrogen-bond acceptors (Lipinski definition) is 4. The molecule has 2 fully saturated rings. The van der Waals surface area contributed by atoms with E-state index in [4.69, 9.17) is 4.74 Å². The summed E-state index contributed by atoms with van der Waals surface area (Å²) in [7, 11) is 1.85. The molecule has 0 radical (unpaired) electrons. The zero-order chi connectivity index (χ0) is 19.9. The number of hydrogen-bond donors (Lipinski definition) is 2. The topological polar surface area (TPSA) is 48.9 Å². The summed E-state index contributed by atoms with van der Waals surface area (Å²) in [4.78, 5) is 6.88. The zero-order valence-electron chi connectivity index (χ0n) is 17.8. The van der Waals surface area contributed by atoms with Gasteiger partial charge in [0.15, 0.2) is 5.96 Å². The summed E-state index contributed by atoms with van der Waals surface area (Å²) in [6.45, 7) is 8.12. The van der Waals surface area contributed by atoms with E-state index in [1.54, 1.807) is 0 Å². The molecule has 6 heteroatoms. The van der Waals surface area contributed by atoms with Gasteiger partial charge in [-0.3, -0.25) is 9.89 Å². The molecule has 3 rings (SSSR count). The lowest BCUT2D eigenvalue weighted by Crippen LogP contribution is -2.44. The second-order valence-electron chi connectivity index (χ2n) is 8.21. The van der Waals surface area contributed by atoms with Crippen LogP contribution in [0.5, 0.6) is 0 Å². The maximum Gasteiger partial charge on any atom is 0.191 e. The Hall–Kier alpha value is -1.24. The minimum Gasteiger partial charge on any atom is -0.373 e. The molecule has 1 aromatic carbocycles. The molecule has 0 aromatic heterocycles. The highest BCUT2D eigenvalue weighted by Crippen LogP contribution is 2.28. The van der Waals surface area contributed by atoms with Crippen molar-refractivity contribution in [3.05, 3.63) is 35.4 Å². The Morgan fingerprint density at radius 3 is 2.43 bits per heavy atom. The van der Waals surface area contributed by atoms with E-state index in [0.717, 1.165) is 37.4 Å². The van der Waals surface area contributed by atoms with Crippen LogP contribution in [0, 0.1) is 0 Å². The fourth-order valence-corrected chi connectivity index (χ4v) is 5.09. The Bertz CT molecular complexity index is 626. The molecule has 4 unspecified atom stereocenters. The predicted molar refractivity (Wildman–Crippen MR) is 120 cm³/mol. The fourth-order valence-electron chi connectivity index (χ4n) is 4.29. The van der Waals surface area contributed by atoms with Gasteiger partial charge in [0.1, 0.15) is 0 Å². The molecular formula is C22H36N4OS. The van der Waals surface area contributed by atoms with E-state index in [0.29, 0.717) is 18.2 Å². The van der Waals surface area contributed by atoms with Crippen LogP contribution in [0.4, 0.5) is 0 Å². The van der Waals surface area contributed by atoms with Crippen LogP contribution in [0.2, 0.25) is 0 Å². The molecule has 1 aliphatic carbocycles. The Kier molecular flexibility index (Phi) is 8.06. The van der Waals surface area contributed by atoms with Gasteiger partial charge in [-0.1, -0.05) is 24.3 Å². The van der Waals surface area contributed by atoms with Crippen molar-refractivity contribution in [1.82, 2.24) is 15.5 Å². The van der Waals surface area contributed by atoms with Gasteiger partial charge in [0.2, 0.25) is 0 Å². The Balaban J connectivity index is 1.44. The van der Waals surface area contributed by atoms with E-state index in [9.17, 15) is 0 Å². The summed E-state index contributed by atoms with van der Waals surface area (Å²) in [6.07, 6.45) is 6.62. The molecule has 1 aliphatic heterocycles. The van der Waals surface area contributed by atoms with Crippen LogP contribution in [0.3, 0.4) is 0 Å². The van der Waals surface area contributed by atoms with Crippen molar-refractivity contribution in [2.24, 2.45) is 4.99 Å². The first-order valence-electron chi connectivity index (χ1n) is 10.5. The van der Waals surface area contributed by atoms with Gasteiger partial charge < -0.3 is 15.4 Å². The molecule has 0 bridgehead atoms. The molecule has 2 N–H and O–H groups in total. The lowest BCUT2D eigenvalue weighted by Gasteiger charge is -2.35.